The van der Waals surface area contributed by atoms with Crippen molar-refractivity contribution in [3.05, 3.63) is 107 Å². The molecule has 0 spiro atoms. The smallest absolute Gasteiger partial charge is 0.127 e. The number of nitrogens with one attached hydrogen (secondary N) is 3. The lowest BCUT2D eigenvalue weighted by molar-refractivity contribution is 0.408. The molecule has 6 aromatic rings. The average Bonchev–Trinajstić information content (AvgIpc) is 3.92. The van der Waals surface area contributed by atoms with Gasteiger partial charge in [-0.3, -0.25) is 5.10 Å². The van der Waals surface area contributed by atoms with Crippen LogP contribution in [0.25, 0.3) is 0 Å². The molecule has 294 valence electrons. The molecule has 12 heteroatoms. The molecule has 0 saturated carbocycles. The molecular formula is C41H69N11O. The Bertz CT molecular complexity index is 1500. The third-order valence-electron chi connectivity index (χ3n) is 8.04. The Morgan fingerprint density at radius 3 is 1.55 bits per heavy atom. The maximum atomic E-state index is 4.76. The summed E-state index contributed by atoms with van der Waals surface area (Å²) in [7, 11) is 2.02. The molecule has 0 unspecified atom stereocenters. The lowest BCUT2D eigenvalue weighted by Crippen LogP contribution is -2.04. The van der Waals surface area contributed by atoms with Crippen molar-refractivity contribution < 1.29 is 4.52 Å². The summed E-state index contributed by atoms with van der Waals surface area (Å²) in [4.78, 5) is 14.5. The van der Waals surface area contributed by atoms with Crippen LogP contribution in [0.3, 0.4) is 0 Å². The predicted molar refractivity (Wildman–Crippen MR) is 217 cm³/mol. The Hall–Kier alpha value is -4.74. The van der Waals surface area contributed by atoms with E-state index in [0.29, 0.717) is 35.6 Å². The van der Waals surface area contributed by atoms with E-state index < -0.39 is 0 Å². The van der Waals surface area contributed by atoms with Crippen LogP contribution in [0.2, 0.25) is 0 Å². The Balaban J connectivity index is 0.000000318. The third-order valence-corrected chi connectivity index (χ3v) is 8.04. The number of rotatable bonds is 6. The molecule has 53 heavy (non-hydrogen) atoms. The maximum absolute atomic E-state index is 4.76. The number of H-pyrrole nitrogens is 3. The second-order valence-corrected chi connectivity index (χ2v) is 15.0. The highest BCUT2D eigenvalue weighted by atomic mass is 16.5. The van der Waals surface area contributed by atoms with E-state index in [1.54, 1.807) is 18.7 Å². The van der Waals surface area contributed by atoms with E-state index >= 15 is 0 Å². The monoisotopic (exact) mass is 732 g/mol. The van der Waals surface area contributed by atoms with E-state index in [9.17, 15) is 0 Å². The van der Waals surface area contributed by atoms with Gasteiger partial charge in [0.2, 0.25) is 0 Å². The average molecular weight is 732 g/mol. The Kier molecular flexibility index (Phi) is 20.7. The van der Waals surface area contributed by atoms with Crippen LogP contribution in [0.5, 0.6) is 0 Å². The van der Waals surface area contributed by atoms with Gasteiger partial charge in [-0.25, -0.2) is 14.6 Å². The van der Waals surface area contributed by atoms with Gasteiger partial charge in [0.15, 0.2) is 0 Å². The summed E-state index contributed by atoms with van der Waals surface area (Å²) in [5.74, 6) is 4.92. The van der Waals surface area contributed by atoms with Crippen LogP contribution in [0.4, 0.5) is 0 Å². The van der Waals surface area contributed by atoms with E-state index in [1.165, 1.54) is 22.5 Å². The SMILES string of the molecule is CC(C)c1ncc[nH]1.CC(C)c1nccn1C.Cc1cc[nH]c1C(C)C.Cc1cn[nH]c1C(C)C.Cc1cnnn1C(C)C.Cc1conc1C(C)C. The number of nitrogens with zero attached hydrogens (tertiary/aromatic N) is 8. The van der Waals surface area contributed by atoms with Crippen molar-refractivity contribution in [1.29, 1.82) is 0 Å². The zero-order valence-electron chi connectivity index (χ0n) is 35.6. The predicted octanol–water partition coefficient (Wildman–Crippen LogP) is 10.6. The van der Waals surface area contributed by atoms with E-state index in [-0.39, 0.29) is 0 Å². The van der Waals surface area contributed by atoms with Gasteiger partial charge in [0, 0.05) is 72.9 Å². The molecule has 0 aliphatic rings. The van der Waals surface area contributed by atoms with E-state index in [4.69, 9.17) is 4.52 Å². The number of imidazole rings is 2. The minimum absolute atomic E-state index is 0.424. The molecule has 6 heterocycles. The van der Waals surface area contributed by atoms with Crippen LogP contribution in [-0.4, -0.2) is 54.9 Å². The first-order valence-corrected chi connectivity index (χ1v) is 18.8. The molecule has 0 amide bonds. The molecule has 0 saturated heterocycles. The number of aromatic nitrogens is 11. The number of hydrogen-bond donors (Lipinski definition) is 3. The standard InChI is InChI=1S/C8H13N.2C7H12N2.C7H11NO.C6H11N3.C6H10N2/c1-6(2)8-7(3)4-5-9-8;1-6(2)7-8-4-5-9(7)3;1-5(2)7-6(3)4-8-9-7;1-5(2)7-6(3)4-9-8-7;1-5(2)9-6(3)4-7-8-9;1-5(2)6-7-3-4-8-6/h4-6,9H,1-3H3;4-6H,1-3H3;4-5H,1-3H3,(H,8,9);2*4-5H,1-3H3;3-5H,1-2H3,(H,7,8). The Labute approximate surface area is 319 Å². The summed E-state index contributed by atoms with van der Waals surface area (Å²) in [6, 6.07) is 2.53. The van der Waals surface area contributed by atoms with Gasteiger partial charge in [0.1, 0.15) is 17.9 Å². The van der Waals surface area contributed by atoms with E-state index in [2.05, 4.69) is 149 Å². The summed E-state index contributed by atoms with van der Waals surface area (Å²) in [5.41, 5.74) is 8.55. The zero-order chi connectivity index (χ0) is 40.2. The van der Waals surface area contributed by atoms with Crippen LogP contribution in [0.1, 0.15) is 170 Å². The molecule has 0 aromatic carbocycles. The summed E-state index contributed by atoms with van der Waals surface area (Å²) in [5, 5.41) is 18.4. The molecule has 0 aliphatic heterocycles. The van der Waals surface area contributed by atoms with Crippen LogP contribution >= 0.6 is 0 Å². The van der Waals surface area contributed by atoms with Crippen molar-refractivity contribution in [2.45, 2.75) is 146 Å². The van der Waals surface area contributed by atoms with E-state index in [0.717, 1.165) is 28.6 Å². The van der Waals surface area contributed by atoms with Gasteiger partial charge in [-0.2, -0.15) is 5.10 Å². The largest absolute Gasteiger partial charge is 0.365 e. The first kappa shape index (κ1) is 46.3. The molecule has 6 aromatic heterocycles. The van der Waals surface area contributed by atoms with E-state index in [1.807, 2.05) is 61.1 Å². The zero-order valence-corrected chi connectivity index (χ0v) is 35.6. The summed E-state index contributed by atoms with van der Waals surface area (Å²) < 4.78 is 8.69. The molecule has 6 rings (SSSR count). The Morgan fingerprint density at radius 2 is 1.32 bits per heavy atom. The molecule has 0 bridgehead atoms. The molecule has 0 fully saturated rings. The number of hydrogen-bond acceptors (Lipinski definition) is 7. The second kappa shape index (κ2) is 23.7. The van der Waals surface area contributed by atoms with Crippen LogP contribution in [0, 0.1) is 27.7 Å². The first-order chi connectivity index (χ1) is 24.9. The van der Waals surface area contributed by atoms with Crippen molar-refractivity contribution >= 4 is 0 Å². The van der Waals surface area contributed by atoms with Crippen molar-refractivity contribution in [3.63, 3.8) is 0 Å². The van der Waals surface area contributed by atoms with Gasteiger partial charge < -0.3 is 19.1 Å². The van der Waals surface area contributed by atoms with Gasteiger partial charge in [-0.1, -0.05) is 79.6 Å². The highest BCUT2D eigenvalue weighted by Crippen LogP contribution is 2.17. The summed E-state index contributed by atoms with van der Waals surface area (Å²) in [6.45, 7) is 33.8. The van der Waals surface area contributed by atoms with Gasteiger partial charge in [-0.15, -0.1) is 5.10 Å². The minimum atomic E-state index is 0.424. The fraction of sp³-hybridized carbons (Fsp3) is 0.561. The number of aromatic amines is 3. The second-order valence-electron chi connectivity index (χ2n) is 15.0. The molecule has 0 aliphatic carbocycles. The maximum Gasteiger partial charge on any atom is 0.127 e. The van der Waals surface area contributed by atoms with Crippen LogP contribution in [0.15, 0.2) is 60.2 Å². The quantitative estimate of drug-likeness (QED) is 0.154. The van der Waals surface area contributed by atoms with Crippen molar-refractivity contribution in [2.24, 2.45) is 7.05 Å². The molecule has 3 N–H and O–H groups in total. The van der Waals surface area contributed by atoms with Crippen LogP contribution in [-0.2, 0) is 7.05 Å². The Morgan fingerprint density at radius 1 is 0.660 bits per heavy atom. The summed E-state index contributed by atoms with van der Waals surface area (Å²) >= 11 is 0. The number of aryl methyl sites for hydroxylation is 5. The van der Waals surface area contributed by atoms with Gasteiger partial charge in [0.25, 0.3) is 0 Å². The molecule has 0 radical (unpaired) electrons. The molecular weight excluding hydrogens is 663 g/mol. The summed E-state index contributed by atoms with van der Waals surface area (Å²) in [6.07, 6.45) is 14.7. The highest BCUT2D eigenvalue weighted by Gasteiger charge is 2.06. The topological polar surface area (TPSA) is 148 Å². The molecule has 12 nitrogen and oxygen atoms in total. The van der Waals surface area contributed by atoms with Crippen molar-refractivity contribution in [2.75, 3.05) is 0 Å². The lowest BCUT2D eigenvalue weighted by atomic mass is 10.1. The molecule has 0 atom stereocenters. The van der Waals surface area contributed by atoms with Crippen LogP contribution < -0.4 is 0 Å². The highest BCUT2D eigenvalue weighted by molar-refractivity contribution is 5.21. The van der Waals surface area contributed by atoms with Gasteiger partial charge >= 0.3 is 0 Å². The third kappa shape index (κ3) is 16.6. The van der Waals surface area contributed by atoms with Gasteiger partial charge in [0.05, 0.1) is 23.8 Å². The fourth-order valence-corrected chi connectivity index (χ4v) is 5.21. The van der Waals surface area contributed by atoms with Crippen molar-refractivity contribution in [3.8, 4) is 0 Å². The normalized spacial score (nSPS) is 10.6. The minimum Gasteiger partial charge on any atom is -0.365 e. The lowest BCUT2D eigenvalue weighted by Gasteiger charge is -2.04. The first-order valence-electron chi connectivity index (χ1n) is 18.8. The fourth-order valence-electron chi connectivity index (χ4n) is 5.21. The van der Waals surface area contributed by atoms with Crippen molar-refractivity contribution in [1.82, 2.24) is 54.9 Å². The van der Waals surface area contributed by atoms with Gasteiger partial charge in [-0.05, 0) is 76.5 Å².